The van der Waals surface area contributed by atoms with Gasteiger partial charge in [0.15, 0.2) is 0 Å². The van der Waals surface area contributed by atoms with E-state index in [1.165, 1.54) is 6.07 Å². The number of anilines is 1. The van der Waals surface area contributed by atoms with Gasteiger partial charge in [-0.05, 0) is 46.0 Å². The van der Waals surface area contributed by atoms with E-state index in [4.69, 9.17) is 0 Å². The summed E-state index contributed by atoms with van der Waals surface area (Å²) in [5.41, 5.74) is 1.26. The molecule has 19 heavy (non-hydrogen) atoms. The molecule has 0 spiro atoms. The van der Waals surface area contributed by atoms with Crippen LogP contribution in [0.15, 0.2) is 18.2 Å². The average Bonchev–Trinajstić information content (AvgIpc) is 2.38. The molecule has 106 valence electrons. The predicted molar refractivity (Wildman–Crippen MR) is 76.0 cm³/mol. The molecule has 1 aromatic carbocycles. The quantitative estimate of drug-likeness (QED) is 0.910. The number of aliphatic hydroxyl groups excluding tert-OH is 1. The molecule has 0 aromatic heterocycles. The van der Waals surface area contributed by atoms with Gasteiger partial charge in [-0.2, -0.15) is 0 Å². The van der Waals surface area contributed by atoms with E-state index < -0.39 is 6.10 Å². The second-order valence-electron chi connectivity index (χ2n) is 5.53. The van der Waals surface area contributed by atoms with Gasteiger partial charge in [-0.25, -0.2) is 4.39 Å². The van der Waals surface area contributed by atoms with Crippen molar-refractivity contribution in [3.8, 4) is 0 Å². The number of benzene rings is 1. The van der Waals surface area contributed by atoms with Crippen molar-refractivity contribution < 1.29 is 9.50 Å². The molecule has 0 saturated carbocycles. The Hall–Kier alpha value is -1.13. The lowest BCUT2D eigenvalue weighted by Gasteiger charge is -2.37. The van der Waals surface area contributed by atoms with Crippen molar-refractivity contribution in [1.29, 1.82) is 0 Å². The van der Waals surface area contributed by atoms with Gasteiger partial charge in [0.05, 0.1) is 6.10 Å². The van der Waals surface area contributed by atoms with Crippen LogP contribution in [0.3, 0.4) is 0 Å². The van der Waals surface area contributed by atoms with Crippen molar-refractivity contribution in [2.45, 2.75) is 31.9 Å². The van der Waals surface area contributed by atoms with Crippen molar-refractivity contribution >= 4 is 5.69 Å². The van der Waals surface area contributed by atoms with E-state index in [1.807, 2.05) is 6.07 Å². The van der Waals surface area contributed by atoms with Crippen LogP contribution in [0.4, 0.5) is 10.1 Å². The third kappa shape index (κ3) is 3.07. The lowest BCUT2D eigenvalue weighted by Crippen LogP contribution is -2.42. The first-order chi connectivity index (χ1) is 9.00. The predicted octanol–water partition coefficient (Wildman–Crippen LogP) is 2.41. The Balaban J connectivity index is 2.18. The fraction of sp³-hybridized carbons (Fsp3) is 0.600. The van der Waals surface area contributed by atoms with Crippen LogP contribution >= 0.6 is 0 Å². The molecule has 1 saturated heterocycles. The molecule has 1 aliphatic heterocycles. The van der Waals surface area contributed by atoms with Gasteiger partial charge in [-0.1, -0.05) is 6.07 Å². The minimum Gasteiger partial charge on any atom is -0.389 e. The van der Waals surface area contributed by atoms with Crippen molar-refractivity contribution in [1.82, 2.24) is 4.90 Å². The Bertz CT molecular complexity index is 426. The Morgan fingerprint density at radius 2 is 1.95 bits per heavy atom. The molecule has 1 aliphatic rings. The van der Waals surface area contributed by atoms with E-state index in [1.54, 1.807) is 13.0 Å². The van der Waals surface area contributed by atoms with Crippen LogP contribution in [0.2, 0.25) is 0 Å². The van der Waals surface area contributed by atoms with Gasteiger partial charge >= 0.3 is 0 Å². The van der Waals surface area contributed by atoms with Crippen molar-refractivity contribution in [2.75, 3.05) is 32.1 Å². The summed E-state index contributed by atoms with van der Waals surface area (Å²) in [5, 5.41) is 9.78. The minimum absolute atomic E-state index is 0.317. The maximum atomic E-state index is 13.9. The Morgan fingerprint density at radius 1 is 1.32 bits per heavy atom. The van der Waals surface area contributed by atoms with Crippen LogP contribution in [-0.4, -0.2) is 43.2 Å². The largest absolute Gasteiger partial charge is 0.389 e. The molecular formula is C15H23FN2O. The van der Waals surface area contributed by atoms with Gasteiger partial charge in [-0.15, -0.1) is 0 Å². The van der Waals surface area contributed by atoms with Crippen LogP contribution in [0.25, 0.3) is 0 Å². The standard InChI is InChI=1S/C15H23FN2O/c1-11(19)15-13(16)5-4-6-14(15)18-9-7-12(8-10-18)17(2)3/h4-6,11-12,19H,7-10H2,1-3H3/t11-/m0/s1. The fourth-order valence-electron chi connectivity index (χ4n) is 2.84. The molecule has 1 atom stereocenters. The summed E-state index contributed by atoms with van der Waals surface area (Å²) >= 11 is 0. The SMILES string of the molecule is C[C@H](O)c1c(F)cccc1N1CCC(N(C)C)CC1. The molecule has 2 rings (SSSR count). The molecule has 1 aromatic rings. The molecule has 0 amide bonds. The summed E-state index contributed by atoms with van der Waals surface area (Å²) in [6.45, 7) is 3.44. The Kier molecular flexibility index (Phi) is 4.42. The normalized spacial score (nSPS) is 18.9. The number of hydrogen-bond donors (Lipinski definition) is 1. The number of rotatable bonds is 3. The highest BCUT2D eigenvalue weighted by Crippen LogP contribution is 2.31. The zero-order valence-corrected chi connectivity index (χ0v) is 11.9. The van der Waals surface area contributed by atoms with Gasteiger partial charge in [0.1, 0.15) is 5.82 Å². The summed E-state index contributed by atoms with van der Waals surface area (Å²) in [6.07, 6.45) is 1.37. The average molecular weight is 266 g/mol. The highest BCUT2D eigenvalue weighted by atomic mass is 19.1. The fourth-order valence-corrected chi connectivity index (χ4v) is 2.84. The van der Waals surface area contributed by atoms with E-state index in [0.717, 1.165) is 31.6 Å². The van der Waals surface area contributed by atoms with Crippen LogP contribution in [0.5, 0.6) is 0 Å². The van der Waals surface area contributed by atoms with Crippen molar-refractivity contribution in [3.05, 3.63) is 29.6 Å². The molecule has 0 unspecified atom stereocenters. The second kappa shape index (κ2) is 5.88. The van der Waals surface area contributed by atoms with E-state index >= 15 is 0 Å². The highest BCUT2D eigenvalue weighted by molar-refractivity contribution is 5.55. The smallest absolute Gasteiger partial charge is 0.131 e. The highest BCUT2D eigenvalue weighted by Gasteiger charge is 2.24. The first kappa shape index (κ1) is 14.3. The molecule has 0 aliphatic carbocycles. The maximum absolute atomic E-state index is 13.9. The summed E-state index contributed by atoms with van der Waals surface area (Å²) < 4.78 is 13.9. The first-order valence-corrected chi connectivity index (χ1v) is 6.88. The molecule has 1 N–H and O–H groups in total. The van der Waals surface area contributed by atoms with Crippen LogP contribution < -0.4 is 4.90 Å². The van der Waals surface area contributed by atoms with Crippen molar-refractivity contribution in [3.63, 3.8) is 0 Å². The van der Waals surface area contributed by atoms with E-state index in [-0.39, 0.29) is 5.82 Å². The molecule has 1 fully saturated rings. The zero-order valence-electron chi connectivity index (χ0n) is 11.9. The minimum atomic E-state index is -0.775. The third-order valence-electron chi connectivity index (χ3n) is 3.98. The number of hydrogen-bond acceptors (Lipinski definition) is 3. The van der Waals surface area contributed by atoms with E-state index in [9.17, 15) is 9.50 Å². The lowest BCUT2D eigenvalue weighted by molar-refractivity contribution is 0.194. The Labute approximate surface area is 114 Å². The topological polar surface area (TPSA) is 26.7 Å². The molecule has 0 bridgehead atoms. The van der Waals surface area contributed by atoms with Crippen LogP contribution in [0, 0.1) is 5.82 Å². The molecule has 1 heterocycles. The molecule has 0 radical (unpaired) electrons. The van der Waals surface area contributed by atoms with Gasteiger partial charge in [0.25, 0.3) is 0 Å². The van der Waals surface area contributed by atoms with E-state index in [2.05, 4.69) is 23.9 Å². The molecule has 3 nitrogen and oxygen atoms in total. The lowest BCUT2D eigenvalue weighted by atomic mass is 10.0. The van der Waals surface area contributed by atoms with E-state index in [0.29, 0.717) is 11.6 Å². The zero-order chi connectivity index (χ0) is 14.0. The van der Waals surface area contributed by atoms with Gasteiger partial charge in [0.2, 0.25) is 0 Å². The van der Waals surface area contributed by atoms with Gasteiger partial charge < -0.3 is 14.9 Å². The van der Waals surface area contributed by atoms with Crippen LogP contribution in [0.1, 0.15) is 31.4 Å². The summed E-state index contributed by atoms with van der Waals surface area (Å²) in [6, 6.07) is 5.63. The van der Waals surface area contributed by atoms with Gasteiger partial charge in [0, 0.05) is 30.4 Å². The molecule has 4 heteroatoms. The van der Waals surface area contributed by atoms with Crippen molar-refractivity contribution in [2.24, 2.45) is 0 Å². The van der Waals surface area contributed by atoms with Crippen LogP contribution in [-0.2, 0) is 0 Å². The monoisotopic (exact) mass is 266 g/mol. The second-order valence-corrected chi connectivity index (χ2v) is 5.53. The summed E-state index contributed by atoms with van der Waals surface area (Å²) in [5.74, 6) is -0.317. The number of aliphatic hydroxyl groups is 1. The summed E-state index contributed by atoms with van der Waals surface area (Å²) in [4.78, 5) is 4.43. The van der Waals surface area contributed by atoms with Gasteiger partial charge in [-0.3, -0.25) is 0 Å². The third-order valence-corrected chi connectivity index (χ3v) is 3.98. The molecular weight excluding hydrogens is 243 g/mol. The maximum Gasteiger partial charge on any atom is 0.131 e. The summed E-state index contributed by atoms with van der Waals surface area (Å²) in [7, 11) is 4.20. The number of piperidine rings is 1. The number of halogens is 1. The number of nitrogens with zero attached hydrogens (tertiary/aromatic N) is 2. The first-order valence-electron chi connectivity index (χ1n) is 6.88. The Morgan fingerprint density at radius 3 is 2.47 bits per heavy atom.